The summed E-state index contributed by atoms with van der Waals surface area (Å²) in [6.45, 7) is -0.191. The summed E-state index contributed by atoms with van der Waals surface area (Å²) in [5, 5.41) is 0. The average molecular weight is 278 g/mol. The first-order valence-corrected chi connectivity index (χ1v) is 7.48. The summed E-state index contributed by atoms with van der Waals surface area (Å²) in [7, 11) is -8.04. The second kappa shape index (κ2) is 7.14. The molecule has 0 rings (SSSR count). The summed E-state index contributed by atoms with van der Waals surface area (Å²) >= 11 is 0. The highest BCUT2D eigenvalue weighted by Crippen LogP contribution is 1.86. The molecule has 0 spiro atoms. The molecule has 0 amide bonds. The van der Waals surface area contributed by atoms with Crippen LogP contribution in [0.1, 0.15) is 0 Å². The van der Waals surface area contributed by atoms with Gasteiger partial charge in [-0.25, -0.2) is 0 Å². The van der Waals surface area contributed by atoms with Crippen LogP contribution in [-0.4, -0.2) is 63.9 Å². The first kappa shape index (κ1) is 15.7. The van der Waals surface area contributed by atoms with Gasteiger partial charge in [0.25, 0.3) is 20.2 Å². The van der Waals surface area contributed by atoms with Gasteiger partial charge in [0.1, 0.15) is 0 Å². The fourth-order valence-electron chi connectivity index (χ4n) is 0.650. The summed E-state index contributed by atoms with van der Waals surface area (Å²) in [5.74, 6) is -1.00. The average Bonchev–Trinajstić information content (AvgIpc) is 2.06. The van der Waals surface area contributed by atoms with Crippen molar-refractivity contribution < 1.29 is 35.4 Å². The second-order valence-electron chi connectivity index (χ2n) is 2.80. The number of hydrogen-bond donors (Lipinski definition) is 2. The van der Waals surface area contributed by atoms with Gasteiger partial charge in [0.2, 0.25) is 0 Å². The maximum Gasteiger partial charge on any atom is 0.267 e. The summed E-state index contributed by atoms with van der Waals surface area (Å²) in [6, 6.07) is 0. The topological polar surface area (TPSA) is 127 Å². The predicted octanol–water partition coefficient (Wildman–Crippen LogP) is -1.20. The van der Waals surface area contributed by atoms with Gasteiger partial charge in [0.15, 0.2) is 0 Å². The Morgan fingerprint density at radius 1 is 0.688 bits per heavy atom. The van der Waals surface area contributed by atoms with Gasteiger partial charge in [-0.3, -0.25) is 9.11 Å². The molecule has 0 fully saturated rings. The van der Waals surface area contributed by atoms with Gasteiger partial charge in [0, 0.05) is 0 Å². The Morgan fingerprint density at radius 3 is 1.25 bits per heavy atom. The maximum atomic E-state index is 10.2. The molecule has 0 aliphatic rings. The minimum Gasteiger partial charge on any atom is -0.378 e. The molecular formula is C6H14O8S2. The summed E-state index contributed by atoms with van der Waals surface area (Å²) in [5.41, 5.74) is 0. The zero-order chi connectivity index (χ0) is 12.7. The quantitative estimate of drug-likeness (QED) is 0.397. The Labute approximate surface area is 94.0 Å². The molecule has 0 unspecified atom stereocenters. The van der Waals surface area contributed by atoms with E-state index >= 15 is 0 Å². The van der Waals surface area contributed by atoms with Crippen LogP contribution in [0.3, 0.4) is 0 Å². The van der Waals surface area contributed by atoms with Gasteiger partial charge in [-0.2, -0.15) is 16.8 Å². The molecule has 0 aromatic rings. The lowest BCUT2D eigenvalue weighted by molar-refractivity contribution is 0.0590. The lowest BCUT2D eigenvalue weighted by atomic mass is 10.7. The van der Waals surface area contributed by atoms with E-state index in [0.29, 0.717) is 0 Å². The monoisotopic (exact) mass is 278 g/mol. The minimum absolute atomic E-state index is 0.0704. The minimum atomic E-state index is -4.02. The van der Waals surface area contributed by atoms with Crippen molar-refractivity contribution in [3.8, 4) is 0 Å². The molecule has 0 aliphatic carbocycles. The van der Waals surface area contributed by atoms with Crippen molar-refractivity contribution in [3.05, 3.63) is 0 Å². The lowest BCUT2D eigenvalue weighted by Gasteiger charge is -2.04. The SMILES string of the molecule is O=S(=O)(O)CCOCCOCCS(=O)(=O)O. The van der Waals surface area contributed by atoms with E-state index in [4.69, 9.17) is 18.6 Å². The highest BCUT2D eigenvalue weighted by molar-refractivity contribution is 7.86. The molecule has 98 valence electrons. The van der Waals surface area contributed by atoms with Crippen LogP contribution in [0.5, 0.6) is 0 Å². The molecule has 0 radical (unpaired) electrons. The lowest BCUT2D eigenvalue weighted by Crippen LogP contribution is -2.15. The van der Waals surface area contributed by atoms with E-state index in [2.05, 4.69) is 0 Å². The van der Waals surface area contributed by atoms with Gasteiger partial charge < -0.3 is 9.47 Å². The Morgan fingerprint density at radius 2 is 1.00 bits per heavy atom. The zero-order valence-corrected chi connectivity index (χ0v) is 10.0. The molecule has 0 aromatic heterocycles. The summed E-state index contributed by atoms with van der Waals surface area (Å²) < 4.78 is 67.1. The third kappa shape index (κ3) is 13.7. The van der Waals surface area contributed by atoms with Crippen LogP contribution in [0.15, 0.2) is 0 Å². The van der Waals surface area contributed by atoms with Crippen molar-refractivity contribution in [2.75, 3.05) is 37.9 Å². The highest BCUT2D eigenvalue weighted by atomic mass is 32.2. The van der Waals surface area contributed by atoms with Crippen molar-refractivity contribution >= 4 is 20.2 Å². The first-order chi connectivity index (χ1) is 7.21. The van der Waals surface area contributed by atoms with Gasteiger partial charge >= 0.3 is 0 Å². The summed E-state index contributed by atoms with van der Waals surface area (Å²) in [6.07, 6.45) is 0. The van der Waals surface area contributed by atoms with Crippen molar-refractivity contribution in [3.63, 3.8) is 0 Å². The van der Waals surface area contributed by atoms with Crippen LogP contribution in [0.4, 0.5) is 0 Å². The molecule has 0 atom stereocenters. The van der Waals surface area contributed by atoms with E-state index in [0.717, 1.165) is 0 Å². The molecule has 2 N–H and O–H groups in total. The van der Waals surface area contributed by atoms with Crippen molar-refractivity contribution in [1.29, 1.82) is 0 Å². The first-order valence-electron chi connectivity index (χ1n) is 4.26. The molecule has 16 heavy (non-hydrogen) atoms. The fraction of sp³-hybridized carbons (Fsp3) is 1.00. The largest absolute Gasteiger partial charge is 0.378 e. The summed E-state index contributed by atoms with van der Waals surface area (Å²) in [4.78, 5) is 0. The zero-order valence-electron chi connectivity index (χ0n) is 8.40. The van der Waals surface area contributed by atoms with Crippen LogP contribution in [-0.2, 0) is 29.7 Å². The van der Waals surface area contributed by atoms with Crippen molar-refractivity contribution in [2.45, 2.75) is 0 Å². The standard InChI is InChI=1S/C6H14O8S2/c7-15(8,9)5-3-13-1-2-14-4-6-16(10,11)12/h1-6H2,(H,7,8,9)(H,10,11,12). The molecular weight excluding hydrogens is 264 g/mol. The van der Waals surface area contributed by atoms with E-state index in [1.54, 1.807) is 0 Å². The highest BCUT2D eigenvalue weighted by Gasteiger charge is 2.04. The van der Waals surface area contributed by atoms with E-state index in [9.17, 15) is 16.8 Å². The maximum absolute atomic E-state index is 10.2. The molecule has 10 heteroatoms. The van der Waals surface area contributed by atoms with Crippen LogP contribution in [0.25, 0.3) is 0 Å². The van der Waals surface area contributed by atoms with E-state index in [-0.39, 0.29) is 26.4 Å². The third-order valence-electron chi connectivity index (χ3n) is 1.34. The Balaban J connectivity index is 3.29. The predicted molar refractivity (Wildman–Crippen MR) is 54.5 cm³/mol. The molecule has 0 saturated heterocycles. The molecule has 8 nitrogen and oxygen atoms in total. The Hall–Kier alpha value is -0.260. The van der Waals surface area contributed by atoms with Crippen LogP contribution >= 0.6 is 0 Å². The molecule has 0 saturated carbocycles. The fourth-order valence-corrected chi connectivity index (χ4v) is 1.31. The molecule has 0 aromatic carbocycles. The van der Waals surface area contributed by atoms with E-state index in [1.807, 2.05) is 0 Å². The van der Waals surface area contributed by atoms with Crippen LogP contribution < -0.4 is 0 Å². The van der Waals surface area contributed by atoms with Crippen molar-refractivity contribution in [1.82, 2.24) is 0 Å². The number of rotatable bonds is 9. The van der Waals surface area contributed by atoms with Crippen LogP contribution in [0.2, 0.25) is 0 Å². The van der Waals surface area contributed by atoms with Crippen molar-refractivity contribution in [2.24, 2.45) is 0 Å². The Bertz CT molecular complexity index is 331. The van der Waals surface area contributed by atoms with E-state index in [1.165, 1.54) is 0 Å². The van der Waals surface area contributed by atoms with Gasteiger partial charge in [-0.1, -0.05) is 0 Å². The second-order valence-corrected chi connectivity index (χ2v) is 5.94. The Kier molecular flexibility index (Phi) is 7.03. The van der Waals surface area contributed by atoms with Gasteiger partial charge in [-0.15, -0.1) is 0 Å². The number of ether oxygens (including phenoxy) is 2. The van der Waals surface area contributed by atoms with Gasteiger partial charge in [-0.05, 0) is 0 Å². The van der Waals surface area contributed by atoms with Crippen LogP contribution in [0, 0.1) is 0 Å². The number of hydrogen-bond acceptors (Lipinski definition) is 6. The van der Waals surface area contributed by atoms with E-state index < -0.39 is 31.7 Å². The third-order valence-corrected chi connectivity index (χ3v) is 2.71. The smallest absolute Gasteiger partial charge is 0.267 e. The molecule has 0 aliphatic heterocycles. The van der Waals surface area contributed by atoms with Gasteiger partial charge in [0.05, 0.1) is 37.9 Å². The normalized spacial score (nSPS) is 12.9. The molecule has 0 bridgehead atoms. The molecule has 0 heterocycles.